The fraction of sp³-hybridized carbons (Fsp3) is 0.143. The van der Waals surface area contributed by atoms with Crippen LogP contribution in [0.1, 0.15) is 18.5 Å². The Balaban J connectivity index is 2.20. The predicted octanol–water partition coefficient (Wildman–Crippen LogP) is 5.38. The zero-order chi connectivity index (χ0) is 13.1. The van der Waals surface area contributed by atoms with E-state index in [4.69, 9.17) is 5.73 Å². The Morgan fingerprint density at radius 1 is 1.00 bits per heavy atom. The molecule has 0 aliphatic rings. The molecule has 0 spiro atoms. The van der Waals surface area contributed by atoms with Crippen LogP contribution in [0.4, 0.5) is 0 Å². The molecular weight excluding hydrogens is 374 g/mol. The molecule has 2 aromatic rings. The summed E-state index contributed by atoms with van der Waals surface area (Å²) in [5, 5.41) is 0. The average molecular weight is 387 g/mol. The molecule has 0 aliphatic heterocycles. The predicted molar refractivity (Wildman–Crippen MR) is 85.0 cm³/mol. The lowest BCUT2D eigenvalue weighted by atomic mass is 10.1. The van der Waals surface area contributed by atoms with Gasteiger partial charge in [0.25, 0.3) is 0 Å². The van der Waals surface area contributed by atoms with Gasteiger partial charge in [-0.05, 0) is 48.9 Å². The largest absolute Gasteiger partial charge is 0.324 e. The highest BCUT2D eigenvalue weighted by molar-refractivity contribution is 9.10. The van der Waals surface area contributed by atoms with E-state index in [9.17, 15) is 0 Å². The summed E-state index contributed by atoms with van der Waals surface area (Å²) >= 11 is 8.75. The number of halogens is 2. The minimum Gasteiger partial charge on any atom is -0.324 e. The second-order valence-electron chi connectivity index (χ2n) is 4.03. The molecule has 0 radical (unpaired) electrons. The molecule has 18 heavy (non-hydrogen) atoms. The van der Waals surface area contributed by atoms with E-state index in [0.717, 1.165) is 14.5 Å². The van der Waals surface area contributed by atoms with E-state index in [0.29, 0.717) is 0 Å². The van der Waals surface area contributed by atoms with Crippen molar-refractivity contribution in [2.24, 2.45) is 5.73 Å². The molecule has 0 saturated heterocycles. The van der Waals surface area contributed by atoms with Crippen LogP contribution in [0.3, 0.4) is 0 Å². The van der Waals surface area contributed by atoms with Gasteiger partial charge in [-0.15, -0.1) is 0 Å². The van der Waals surface area contributed by atoms with Gasteiger partial charge in [0.15, 0.2) is 0 Å². The quantitative estimate of drug-likeness (QED) is 0.765. The second kappa shape index (κ2) is 6.24. The number of rotatable bonds is 3. The first-order chi connectivity index (χ1) is 8.56. The van der Waals surface area contributed by atoms with Gasteiger partial charge in [-0.3, -0.25) is 0 Å². The Labute approximate surface area is 128 Å². The molecule has 0 amide bonds. The molecule has 94 valence electrons. The van der Waals surface area contributed by atoms with Gasteiger partial charge < -0.3 is 5.73 Å². The van der Waals surface area contributed by atoms with E-state index in [-0.39, 0.29) is 6.04 Å². The van der Waals surface area contributed by atoms with Gasteiger partial charge in [0.1, 0.15) is 0 Å². The molecule has 0 aromatic heterocycles. The van der Waals surface area contributed by atoms with Crippen molar-refractivity contribution in [2.75, 3.05) is 0 Å². The molecule has 0 fully saturated rings. The number of nitrogens with two attached hydrogens (primary N) is 1. The summed E-state index contributed by atoms with van der Waals surface area (Å²) < 4.78 is 2.17. The first kappa shape index (κ1) is 14.1. The summed E-state index contributed by atoms with van der Waals surface area (Å²) in [6.45, 7) is 1.99. The Hall–Kier alpha value is -0.290. The third kappa shape index (κ3) is 3.60. The Morgan fingerprint density at radius 2 is 1.61 bits per heavy atom. The van der Waals surface area contributed by atoms with Gasteiger partial charge in [0, 0.05) is 24.8 Å². The highest BCUT2D eigenvalue weighted by Crippen LogP contribution is 2.32. The Kier molecular flexibility index (Phi) is 4.90. The standard InChI is InChI=1S/C14H13Br2NS/c1-9(17)13-7-6-12(8-14(13)16)18-11-4-2-10(15)3-5-11/h2-9H,17H2,1H3. The van der Waals surface area contributed by atoms with Crippen molar-refractivity contribution in [3.8, 4) is 0 Å². The first-order valence-electron chi connectivity index (χ1n) is 5.54. The van der Waals surface area contributed by atoms with E-state index in [1.807, 2.05) is 19.1 Å². The van der Waals surface area contributed by atoms with Gasteiger partial charge in [-0.25, -0.2) is 0 Å². The third-order valence-electron chi connectivity index (χ3n) is 2.51. The van der Waals surface area contributed by atoms with Crippen LogP contribution in [0.15, 0.2) is 61.2 Å². The molecule has 0 heterocycles. The lowest BCUT2D eigenvalue weighted by Crippen LogP contribution is -2.05. The van der Waals surface area contributed by atoms with Crippen molar-refractivity contribution in [1.29, 1.82) is 0 Å². The van der Waals surface area contributed by atoms with Crippen molar-refractivity contribution < 1.29 is 0 Å². The zero-order valence-corrected chi connectivity index (χ0v) is 13.8. The van der Waals surface area contributed by atoms with Crippen LogP contribution in [0, 0.1) is 0 Å². The summed E-state index contributed by atoms with van der Waals surface area (Å²) in [4.78, 5) is 2.42. The van der Waals surface area contributed by atoms with Crippen LogP contribution in [0.25, 0.3) is 0 Å². The molecule has 0 aliphatic carbocycles. The fourth-order valence-electron chi connectivity index (χ4n) is 1.58. The van der Waals surface area contributed by atoms with E-state index in [1.165, 1.54) is 9.79 Å². The lowest BCUT2D eigenvalue weighted by Gasteiger charge is -2.10. The SMILES string of the molecule is CC(N)c1ccc(Sc2ccc(Br)cc2)cc1Br. The third-order valence-corrected chi connectivity index (χ3v) is 4.72. The van der Waals surface area contributed by atoms with Crippen molar-refractivity contribution in [3.05, 3.63) is 57.0 Å². The monoisotopic (exact) mass is 385 g/mol. The number of benzene rings is 2. The Bertz CT molecular complexity index is 538. The summed E-state index contributed by atoms with van der Waals surface area (Å²) in [5.41, 5.74) is 7.03. The van der Waals surface area contributed by atoms with Crippen LogP contribution in [0.5, 0.6) is 0 Å². The average Bonchev–Trinajstić information content (AvgIpc) is 2.32. The maximum atomic E-state index is 5.89. The van der Waals surface area contributed by atoms with Gasteiger partial charge >= 0.3 is 0 Å². The molecule has 1 unspecified atom stereocenters. The summed E-state index contributed by atoms with van der Waals surface area (Å²) in [6.07, 6.45) is 0. The lowest BCUT2D eigenvalue weighted by molar-refractivity contribution is 0.811. The van der Waals surface area contributed by atoms with E-state index in [1.54, 1.807) is 11.8 Å². The summed E-state index contributed by atoms with van der Waals surface area (Å²) in [6, 6.07) is 14.6. The minimum atomic E-state index is 0.0473. The van der Waals surface area contributed by atoms with Crippen LogP contribution in [0.2, 0.25) is 0 Å². The minimum absolute atomic E-state index is 0.0473. The van der Waals surface area contributed by atoms with Crippen molar-refractivity contribution in [2.45, 2.75) is 22.8 Å². The highest BCUT2D eigenvalue weighted by Gasteiger charge is 2.06. The van der Waals surface area contributed by atoms with Gasteiger partial charge in [-0.1, -0.05) is 49.7 Å². The maximum Gasteiger partial charge on any atom is 0.0277 e. The summed E-state index contributed by atoms with van der Waals surface area (Å²) in [5.74, 6) is 0. The van der Waals surface area contributed by atoms with Crippen molar-refractivity contribution in [3.63, 3.8) is 0 Å². The molecular formula is C14H13Br2NS. The topological polar surface area (TPSA) is 26.0 Å². The van der Waals surface area contributed by atoms with Crippen LogP contribution in [-0.2, 0) is 0 Å². The smallest absolute Gasteiger partial charge is 0.0277 e. The van der Waals surface area contributed by atoms with E-state index in [2.05, 4.69) is 62.2 Å². The maximum absolute atomic E-state index is 5.89. The second-order valence-corrected chi connectivity index (χ2v) is 6.94. The van der Waals surface area contributed by atoms with Gasteiger partial charge in [0.2, 0.25) is 0 Å². The summed E-state index contributed by atoms with van der Waals surface area (Å²) in [7, 11) is 0. The Morgan fingerprint density at radius 3 is 2.17 bits per heavy atom. The molecule has 1 atom stereocenters. The molecule has 2 aromatic carbocycles. The van der Waals surface area contributed by atoms with E-state index >= 15 is 0 Å². The molecule has 2 N–H and O–H groups in total. The number of hydrogen-bond donors (Lipinski definition) is 1. The molecule has 1 nitrogen and oxygen atoms in total. The van der Waals surface area contributed by atoms with Crippen LogP contribution in [-0.4, -0.2) is 0 Å². The molecule has 2 rings (SSSR count). The molecule has 0 saturated carbocycles. The highest BCUT2D eigenvalue weighted by atomic mass is 79.9. The van der Waals surface area contributed by atoms with Gasteiger partial charge in [0.05, 0.1) is 0 Å². The van der Waals surface area contributed by atoms with Gasteiger partial charge in [-0.2, -0.15) is 0 Å². The zero-order valence-electron chi connectivity index (χ0n) is 9.86. The fourth-order valence-corrected chi connectivity index (χ4v) is 3.59. The number of hydrogen-bond acceptors (Lipinski definition) is 2. The van der Waals surface area contributed by atoms with Crippen molar-refractivity contribution >= 4 is 43.6 Å². The molecule has 4 heteroatoms. The first-order valence-corrected chi connectivity index (χ1v) is 7.95. The molecule has 0 bridgehead atoms. The normalized spacial score (nSPS) is 12.4. The van der Waals surface area contributed by atoms with Crippen molar-refractivity contribution in [1.82, 2.24) is 0 Å². The van der Waals surface area contributed by atoms with E-state index < -0.39 is 0 Å². The van der Waals surface area contributed by atoms with Crippen LogP contribution >= 0.6 is 43.6 Å². The van der Waals surface area contributed by atoms with Crippen LogP contribution < -0.4 is 5.73 Å².